The largest absolute Gasteiger partial charge is 1.00 e. The van der Waals surface area contributed by atoms with Crippen molar-refractivity contribution in [3.05, 3.63) is 12.2 Å². The molecular weight excluding hydrogens is 494 g/mol. The standard InChI is InChI=1S/C37H76N.ClH/c1-5-7-9-11-13-15-17-19-21-22-23-25-27-29-31-33-35-37-38(3,4)36-34-32-30-28-26-24-20-18-16-14-12-10-8-6-2;/h19,21H,5-18,20,22-37H2,1-4H3;1H/q+1;/p-1/b21-19-;. The number of hydrogen-bond acceptors (Lipinski definition) is 0. The summed E-state index contributed by atoms with van der Waals surface area (Å²) in [7, 11) is 4.92. The van der Waals surface area contributed by atoms with E-state index in [2.05, 4.69) is 40.1 Å². The van der Waals surface area contributed by atoms with Crippen molar-refractivity contribution >= 4 is 0 Å². The SMILES string of the molecule is CCCCCCCC/C=C\CCCCCCCCC[N+](C)(C)CCCCCCCCCCCCCCCC.[Cl-]. The van der Waals surface area contributed by atoms with E-state index in [0.717, 1.165) is 0 Å². The minimum absolute atomic E-state index is 0. The molecular formula is C37H76ClN. The molecule has 0 saturated carbocycles. The highest BCUT2D eigenvalue weighted by Crippen LogP contribution is 2.15. The number of unbranched alkanes of at least 4 members (excludes halogenated alkanes) is 26. The van der Waals surface area contributed by atoms with Gasteiger partial charge in [-0.15, -0.1) is 0 Å². The van der Waals surface area contributed by atoms with Crippen LogP contribution in [-0.4, -0.2) is 31.7 Å². The molecule has 0 aliphatic rings. The van der Waals surface area contributed by atoms with Crippen LogP contribution in [0.25, 0.3) is 0 Å². The highest BCUT2D eigenvalue weighted by Gasteiger charge is 2.13. The summed E-state index contributed by atoms with van der Waals surface area (Å²) < 4.78 is 1.24. The topological polar surface area (TPSA) is 0 Å². The molecule has 0 N–H and O–H groups in total. The van der Waals surface area contributed by atoms with Crippen LogP contribution in [-0.2, 0) is 0 Å². The van der Waals surface area contributed by atoms with E-state index in [9.17, 15) is 0 Å². The normalized spacial score (nSPS) is 11.9. The molecule has 0 amide bonds. The van der Waals surface area contributed by atoms with Gasteiger partial charge in [0, 0.05) is 0 Å². The van der Waals surface area contributed by atoms with Crippen molar-refractivity contribution in [2.24, 2.45) is 0 Å². The molecule has 0 saturated heterocycles. The van der Waals surface area contributed by atoms with E-state index in [0.29, 0.717) is 0 Å². The van der Waals surface area contributed by atoms with Gasteiger partial charge in [-0.3, -0.25) is 0 Å². The van der Waals surface area contributed by atoms with Gasteiger partial charge in [0.05, 0.1) is 27.2 Å². The lowest BCUT2D eigenvalue weighted by Crippen LogP contribution is -3.00. The molecule has 0 heterocycles. The molecule has 0 bridgehead atoms. The Hall–Kier alpha value is -0.0100. The van der Waals surface area contributed by atoms with Crippen LogP contribution in [0.1, 0.15) is 200 Å². The predicted octanol–water partition coefficient (Wildman–Crippen LogP) is 9.98. The molecule has 39 heavy (non-hydrogen) atoms. The van der Waals surface area contributed by atoms with E-state index in [1.54, 1.807) is 0 Å². The Morgan fingerprint density at radius 2 is 0.564 bits per heavy atom. The fraction of sp³-hybridized carbons (Fsp3) is 0.946. The number of hydrogen-bond donors (Lipinski definition) is 0. The van der Waals surface area contributed by atoms with Crippen LogP contribution >= 0.6 is 0 Å². The van der Waals surface area contributed by atoms with Gasteiger partial charge in [0.15, 0.2) is 0 Å². The van der Waals surface area contributed by atoms with Crippen molar-refractivity contribution in [1.82, 2.24) is 0 Å². The van der Waals surface area contributed by atoms with E-state index in [1.165, 1.54) is 204 Å². The highest BCUT2D eigenvalue weighted by atomic mass is 35.5. The molecule has 236 valence electrons. The molecule has 0 aliphatic carbocycles. The second-order valence-electron chi connectivity index (χ2n) is 13.3. The van der Waals surface area contributed by atoms with Crippen molar-refractivity contribution in [3.8, 4) is 0 Å². The van der Waals surface area contributed by atoms with Gasteiger partial charge in [0.25, 0.3) is 0 Å². The van der Waals surface area contributed by atoms with Gasteiger partial charge in [-0.25, -0.2) is 0 Å². The van der Waals surface area contributed by atoms with Crippen LogP contribution in [0.15, 0.2) is 12.2 Å². The van der Waals surface area contributed by atoms with Crippen LogP contribution in [0.4, 0.5) is 0 Å². The first-order valence-corrected chi connectivity index (χ1v) is 18.1. The van der Waals surface area contributed by atoms with Gasteiger partial charge in [0.1, 0.15) is 0 Å². The van der Waals surface area contributed by atoms with Crippen LogP contribution < -0.4 is 12.4 Å². The van der Waals surface area contributed by atoms with Gasteiger partial charge in [-0.2, -0.15) is 0 Å². The summed E-state index contributed by atoms with van der Waals surface area (Å²) in [6.45, 7) is 7.36. The number of nitrogens with zero attached hydrogens (tertiary/aromatic N) is 1. The molecule has 1 nitrogen and oxygen atoms in total. The highest BCUT2D eigenvalue weighted by molar-refractivity contribution is 4.81. The van der Waals surface area contributed by atoms with Gasteiger partial charge in [-0.1, -0.05) is 161 Å². The minimum atomic E-state index is 0. The Morgan fingerprint density at radius 1 is 0.333 bits per heavy atom. The van der Waals surface area contributed by atoms with Gasteiger partial charge < -0.3 is 16.9 Å². The second-order valence-corrected chi connectivity index (χ2v) is 13.3. The van der Waals surface area contributed by atoms with Gasteiger partial charge >= 0.3 is 0 Å². The Labute approximate surface area is 255 Å². The average Bonchev–Trinajstić information content (AvgIpc) is 2.90. The molecule has 0 spiro atoms. The molecule has 0 fully saturated rings. The first-order chi connectivity index (χ1) is 18.6. The molecule has 0 rings (SSSR count). The zero-order valence-corrected chi connectivity index (χ0v) is 28.7. The smallest absolute Gasteiger partial charge is 0.0782 e. The molecule has 0 radical (unpaired) electrons. The first kappa shape index (κ1) is 41.1. The molecule has 0 aromatic heterocycles. The average molecular weight is 570 g/mol. The predicted molar refractivity (Wildman–Crippen MR) is 176 cm³/mol. The van der Waals surface area contributed by atoms with E-state index in [4.69, 9.17) is 0 Å². The Kier molecular flexibility index (Phi) is 36.1. The Balaban J connectivity index is 0. The maximum Gasteiger partial charge on any atom is 0.0782 e. The quantitative estimate of drug-likeness (QED) is 0.0429. The lowest BCUT2D eigenvalue weighted by Gasteiger charge is -2.30. The van der Waals surface area contributed by atoms with E-state index in [1.807, 2.05) is 0 Å². The van der Waals surface area contributed by atoms with Crippen molar-refractivity contribution in [3.63, 3.8) is 0 Å². The number of quaternary nitrogens is 1. The molecule has 0 unspecified atom stereocenters. The van der Waals surface area contributed by atoms with Crippen molar-refractivity contribution in [2.45, 2.75) is 200 Å². The third-order valence-corrected chi connectivity index (χ3v) is 8.64. The van der Waals surface area contributed by atoms with Crippen LogP contribution in [0.2, 0.25) is 0 Å². The van der Waals surface area contributed by atoms with E-state index in [-0.39, 0.29) is 12.4 Å². The minimum Gasteiger partial charge on any atom is -1.00 e. The van der Waals surface area contributed by atoms with Crippen molar-refractivity contribution in [2.75, 3.05) is 27.2 Å². The van der Waals surface area contributed by atoms with Crippen LogP contribution in [0.5, 0.6) is 0 Å². The lowest BCUT2D eigenvalue weighted by molar-refractivity contribution is -0.890. The zero-order valence-electron chi connectivity index (χ0n) is 27.9. The molecule has 0 aliphatic heterocycles. The van der Waals surface area contributed by atoms with Gasteiger partial charge in [-0.05, 0) is 51.4 Å². The van der Waals surface area contributed by atoms with Crippen molar-refractivity contribution < 1.29 is 16.9 Å². The molecule has 0 aromatic carbocycles. The summed E-state index contributed by atoms with van der Waals surface area (Å²) in [6.07, 6.45) is 46.5. The zero-order chi connectivity index (χ0) is 27.8. The third kappa shape index (κ3) is 36.0. The fourth-order valence-electron chi connectivity index (χ4n) is 5.81. The summed E-state index contributed by atoms with van der Waals surface area (Å²) in [4.78, 5) is 0. The summed E-state index contributed by atoms with van der Waals surface area (Å²) in [5, 5.41) is 0. The molecule has 0 atom stereocenters. The van der Waals surface area contributed by atoms with Crippen molar-refractivity contribution in [1.29, 1.82) is 0 Å². The second kappa shape index (κ2) is 34.2. The Bertz CT molecular complexity index is 458. The fourth-order valence-corrected chi connectivity index (χ4v) is 5.81. The molecule has 0 aromatic rings. The first-order valence-electron chi connectivity index (χ1n) is 18.1. The third-order valence-electron chi connectivity index (χ3n) is 8.64. The van der Waals surface area contributed by atoms with E-state index >= 15 is 0 Å². The Morgan fingerprint density at radius 3 is 0.846 bits per heavy atom. The van der Waals surface area contributed by atoms with E-state index < -0.39 is 0 Å². The number of rotatable bonds is 32. The molecule has 2 heteroatoms. The van der Waals surface area contributed by atoms with Crippen LogP contribution in [0, 0.1) is 0 Å². The maximum absolute atomic E-state index is 2.46. The summed E-state index contributed by atoms with van der Waals surface area (Å²) in [6, 6.07) is 0. The monoisotopic (exact) mass is 570 g/mol. The lowest BCUT2D eigenvalue weighted by atomic mass is 10.0. The number of halogens is 1. The summed E-state index contributed by atoms with van der Waals surface area (Å²) in [5.41, 5.74) is 0. The summed E-state index contributed by atoms with van der Waals surface area (Å²) >= 11 is 0. The summed E-state index contributed by atoms with van der Waals surface area (Å²) in [5.74, 6) is 0. The van der Waals surface area contributed by atoms with Gasteiger partial charge in [0.2, 0.25) is 0 Å². The maximum atomic E-state index is 2.46. The van der Waals surface area contributed by atoms with Crippen LogP contribution in [0.3, 0.4) is 0 Å². The number of allylic oxidation sites excluding steroid dienone is 2.